The van der Waals surface area contributed by atoms with Gasteiger partial charge in [-0.1, -0.05) is 23.7 Å². The third kappa shape index (κ3) is 3.25. The van der Waals surface area contributed by atoms with Gasteiger partial charge in [-0.3, -0.25) is 0 Å². The smallest absolute Gasteiger partial charge is 0.166 e. The Morgan fingerprint density at radius 1 is 1.15 bits per heavy atom. The number of benzene rings is 2. The van der Waals surface area contributed by atoms with Crippen molar-refractivity contribution in [1.82, 2.24) is 10.4 Å². The molecule has 0 fully saturated rings. The van der Waals surface area contributed by atoms with Crippen LogP contribution >= 0.6 is 22.9 Å². The molecule has 2 aromatic carbocycles. The number of hydrazone groups is 1. The van der Waals surface area contributed by atoms with E-state index >= 15 is 0 Å². The van der Waals surface area contributed by atoms with Crippen LogP contribution in [-0.4, -0.2) is 10.8 Å². The molecule has 4 aromatic rings. The van der Waals surface area contributed by atoms with Crippen molar-refractivity contribution < 1.29 is 4.39 Å². The van der Waals surface area contributed by atoms with E-state index in [1.54, 1.807) is 17.4 Å². The van der Waals surface area contributed by atoms with E-state index in [-0.39, 0.29) is 0 Å². The van der Waals surface area contributed by atoms with Crippen LogP contribution in [0.4, 0.5) is 15.9 Å². The van der Waals surface area contributed by atoms with Crippen LogP contribution in [0, 0.1) is 5.82 Å². The molecule has 9 heteroatoms. The van der Waals surface area contributed by atoms with Gasteiger partial charge in [-0.25, -0.2) is 15.2 Å². The number of nitrogens with one attached hydrogen (secondary N) is 2. The Labute approximate surface area is 162 Å². The van der Waals surface area contributed by atoms with E-state index < -0.39 is 5.82 Å². The second-order valence-electron chi connectivity index (χ2n) is 5.76. The number of hydrogen-bond donors (Lipinski definition) is 4. The molecule has 27 heavy (non-hydrogen) atoms. The van der Waals surface area contributed by atoms with Crippen LogP contribution in [0.1, 0.15) is 5.56 Å². The number of pyridine rings is 1. The molecule has 136 valence electrons. The average molecular weight is 401 g/mol. The minimum Gasteiger partial charge on any atom is -0.339 e. The molecular formula is C18H14ClFN6S. The van der Waals surface area contributed by atoms with Crippen LogP contribution < -0.4 is 22.4 Å². The van der Waals surface area contributed by atoms with Crippen molar-refractivity contribution in [3.63, 3.8) is 0 Å². The molecule has 0 unspecified atom stereocenters. The summed E-state index contributed by atoms with van der Waals surface area (Å²) in [5.74, 6) is 11.3. The summed E-state index contributed by atoms with van der Waals surface area (Å²) in [6.07, 6.45) is 0. The van der Waals surface area contributed by atoms with Gasteiger partial charge in [-0.15, -0.1) is 11.3 Å². The van der Waals surface area contributed by atoms with Crippen LogP contribution in [0.25, 0.3) is 21.0 Å². The van der Waals surface area contributed by atoms with Gasteiger partial charge in [-0.05, 0) is 35.7 Å². The third-order valence-corrected chi connectivity index (χ3v) is 5.20. The highest BCUT2D eigenvalue weighted by molar-refractivity contribution is 7.18. The summed E-state index contributed by atoms with van der Waals surface area (Å²) in [6.45, 7) is 0. The molecule has 4 rings (SSSR count). The first kappa shape index (κ1) is 17.5. The Bertz CT molecular complexity index is 1170. The fourth-order valence-corrected chi connectivity index (χ4v) is 3.99. The predicted octanol–water partition coefficient (Wildman–Crippen LogP) is 4.07. The molecule has 0 atom stereocenters. The number of aromatic nitrogens is 1. The number of fused-ring (bicyclic) bond motifs is 3. The van der Waals surface area contributed by atoms with E-state index in [0.717, 1.165) is 21.0 Å². The van der Waals surface area contributed by atoms with Gasteiger partial charge in [0, 0.05) is 27.0 Å². The number of thiophene rings is 1. The maximum absolute atomic E-state index is 13.7. The maximum atomic E-state index is 13.7. The van der Waals surface area contributed by atoms with Crippen LogP contribution in [0.3, 0.4) is 0 Å². The highest BCUT2D eigenvalue weighted by Crippen LogP contribution is 2.35. The van der Waals surface area contributed by atoms with Crippen LogP contribution in [0.2, 0.25) is 5.02 Å². The molecule has 0 spiro atoms. The van der Waals surface area contributed by atoms with Crippen molar-refractivity contribution in [1.29, 1.82) is 0 Å². The lowest BCUT2D eigenvalue weighted by Crippen LogP contribution is -2.32. The molecule has 0 aliphatic rings. The van der Waals surface area contributed by atoms with Crippen LogP contribution in [0.5, 0.6) is 0 Å². The van der Waals surface area contributed by atoms with Crippen molar-refractivity contribution in [2.45, 2.75) is 0 Å². The van der Waals surface area contributed by atoms with Crippen molar-refractivity contribution in [3.05, 3.63) is 64.2 Å². The topological polar surface area (TPSA) is 101 Å². The Hall–Kier alpha value is -2.94. The Balaban J connectivity index is 1.89. The molecule has 0 aliphatic heterocycles. The quantitative estimate of drug-likeness (QED) is 0.180. The van der Waals surface area contributed by atoms with E-state index in [9.17, 15) is 4.39 Å². The Kier molecular flexibility index (Phi) is 4.53. The highest BCUT2D eigenvalue weighted by atomic mass is 35.5. The number of nitrogens with zero attached hydrogens (tertiary/aromatic N) is 2. The van der Waals surface area contributed by atoms with E-state index in [1.165, 1.54) is 12.1 Å². The van der Waals surface area contributed by atoms with Crippen molar-refractivity contribution in [3.8, 4) is 0 Å². The largest absolute Gasteiger partial charge is 0.339 e. The first-order chi connectivity index (χ1) is 13.1. The number of hydrogen-bond acceptors (Lipinski definition) is 6. The van der Waals surface area contributed by atoms with Crippen molar-refractivity contribution in [2.24, 2.45) is 16.8 Å². The normalized spacial score (nSPS) is 11.9. The minimum absolute atomic E-state index is 0.306. The lowest BCUT2D eigenvalue weighted by atomic mass is 10.1. The fraction of sp³-hybridized carbons (Fsp3) is 0. The zero-order valence-electron chi connectivity index (χ0n) is 13.8. The lowest BCUT2D eigenvalue weighted by Gasteiger charge is -2.11. The molecule has 0 aliphatic carbocycles. The Morgan fingerprint density at radius 3 is 2.74 bits per heavy atom. The summed E-state index contributed by atoms with van der Waals surface area (Å²) in [7, 11) is 0. The molecule has 0 radical (unpaired) electrons. The average Bonchev–Trinajstić information content (AvgIpc) is 3.12. The highest BCUT2D eigenvalue weighted by Gasteiger charge is 2.12. The molecule has 2 aromatic heterocycles. The van der Waals surface area contributed by atoms with Crippen LogP contribution in [-0.2, 0) is 0 Å². The SMILES string of the molecule is N/N=C(\NN)c1ccc2c(c1)nc(Nc1cc(F)cc(Cl)c1)c1sccc12. The lowest BCUT2D eigenvalue weighted by molar-refractivity contribution is 0.628. The van der Waals surface area contributed by atoms with Gasteiger partial charge >= 0.3 is 0 Å². The van der Waals surface area contributed by atoms with E-state index in [4.69, 9.17) is 28.3 Å². The molecular weight excluding hydrogens is 387 g/mol. The minimum atomic E-state index is -0.423. The number of rotatable bonds is 3. The summed E-state index contributed by atoms with van der Waals surface area (Å²) in [4.78, 5) is 4.71. The van der Waals surface area contributed by atoms with Gasteiger partial charge in [0.25, 0.3) is 0 Å². The number of anilines is 2. The van der Waals surface area contributed by atoms with Gasteiger partial charge < -0.3 is 16.6 Å². The number of amidine groups is 1. The molecule has 0 saturated carbocycles. The molecule has 0 amide bonds. The summed E-state index contributed by atoms with van der Waals surface area (Å²) < 4.78 is 14.6. The molecule has 0 saturated heterocycles. The van der Waals surface area contributed by atoms with Crippen molar-refractivity contribution >= 4 is 61.3 Å². The molecule has 6 N–H and O–H groups in total. The number of hydrazine groups is 1. The molecule has 6 nitrogen and oxygen atoms in total. The van der Waals surface area contributed by atoms with Crippen LogP contribution in [0.15, 0.2) is 52.9 Å². The maximum Gasteiger partial charge on any atom is 0.166 e. The Morgan fingerprint density at radius 2 is 2.00 bits per heavy atom. The summed E-state index contributed by atoms with van der Waals surface area (Å²) in [5, 5.41) is 11.1. The summed E-state index contributed by atoms with van der Waals surface area (Å²) in [5.41, 5.74) is 4.40. The van der Waals surface area contributed by atoms with E-state index in [1.807, 2.05) is 29.6 Å². The number of halogens is 2. The van der Waals surface area contributed by atoms with Gasteiger partial charge in [0.2, 0.25) is 0 Å². The standard InChI is InChI=1S/C18H14ClFN6S/c19-10-6-11(20)8-12(7-10)23-18-16-14(3-4-27-16)13-2-1-9(5-15(13)24-18)17(25-21)26-22/h1-8H,21-22H2,(H,23,24)(H,25,26). The van der Waals surface area contributed by atoms with Gasteiger partial charge in [0.15, 0.2) is 5.84 Å². The van der Waals surface area contributed by atoms with Gasteiger partial charge in [0.05, 0.1) is 10.2 Å². The monoisotopic (exact) mass is 400 g/mol. The summed E-state index contributed by atoms with van der Waals surface area (Å²) >= 11 is 7.50. The first-order valence-electron chi connectivity index (χ1n) is 7.88. The van der Waals surface area contributed by atoms with Gasteiger partial charge in [0.1, 0.15) is 11.6 Å². The zero-order chi connectivity index (χ0) is 19.0. The number of nitrogens with two attached hydrogens (primary N) is 2. The predicted molar refractivity (Wildman–Crippen MR) is 110 cm³/mol. The first-order valence-corrected chi connectivity index (χ1v) is 9.14. The summed E-state index contributed by atoms with van der Waals surface area (Å²) in [6, 6.07) is 11.9. The second kappa shape index (κ2) is 6.99. The molecule has 0 bridgehead atoms. The zero-order valence-corrected chi connectivity index (χ0v) is 15.4. The third-order valence-electron chi connectivity index (χ3n) is 4.07. The molecule has 2 heterocycles. The van der Waals surface area contributed by atoms with Gasteiger partial charge in [-0.2, -0.15) is 5.10 Å². The second-order valence-corrected chi connectivity index (χ2v) is 7.11. The fourth-order valence-electron chi connectivity index (χ4n) is 2.92. The van der Waals surface area contributed by atoms with E-state index in [2.05, 4.69) is 15.8 Å². The van der Waals surface area contributed by atoms with E-state index in [0.29, 0.717) is 27.9 Å². The van der Waals surface area contributed by atoms with Crippen molar-refractivity contribution in [2.75, 3.05) is 5.32 Å².